The lowest BCUT2D eigenvalue weighted by Crippen LogP contribution is -2.45. The minimum absolute atomic E-state index is 0.0225. The van der Waals surface area contributed by atoms with E-state index in [1.165, 1.54) is 0 Å². The Labute approximate surface area is 110 Å². The molecule has 0 saturated heterocycles. The number of halogens is 1. The quantitative estimate of drug-likeness (QED) is 0.877. The Hall–Kier alpha value is -0.810. The summed E-state index contributed by atoms with van der Waals surface area (Å²) in [7, 11) is 0. The van der Waals surface area contributed by atoms with E-state index in [0.29, 0.717) is 10.4 Å². The third kappa shape index (κ3) is 3.10. The van der Waals surface area contributed by atoms with E-state index >= 15 is 0 Å². The fourth-order valence-electron chi connectivity index (χ4n) is 2.17. The summed E-state index contributed by atoms with van der Waals surface area (Å²) in [5.74, 6) is -0.151. The molecule has 1 heterocycles. The molecule has 0 amide bonds. The molecule has 1 unspecified atom stereocenters. The molecule has 1 rings (SSSR count). The van der Waals surface area contributed by atoms with Gasteiger partial charge >= 0.3 is 5.97 Å². The molecule has 0 aromatic carbocycles. The van der Waals surface area contributed by atoms with Gasteiger partial charge in [0.1, 0.15) is 5.76 Å². The first-order valence-electron chi connectivity index (χ1n) is 5.66. The molecule has 0 saturated carbocycles. The third-order valence-electron chi connectivity index (χ3n) is 3.06. The van der Waals surface area contributed by atoms with Crippen LogP contribution >= 0.6 is 15.9 Å². The van der Waals surface area contributed by atoms with Crippen LogP contribution in [-0.2, 0) is 10.3 Å². The van der Waals surface area contributed by atoms with Crippen molar-refractivity contribution in [3.05, 3.63) is 22.6 Å². The van der Waals surface area contributed by atoms with Gasteiger partial charge in [-0.15, -0.1) is 0 Å². The van der Waals surface area contributed by atoms with Gasteiger partial charge in [0.2, 0.25) is 0 Å². The molecule has 0 aliphatic heterocycles. The molecule has 0 bridgehead atoms. The van der Waals surface area contributed by atoms with Gasteiger partial charge in [0.25, 0.3) is 0 Å². The molecule has 1 aromatic heterocycles. The lowest BCUT2D eigenvalue weighted by Gasteiger charge is -2.37. The van der Waals surface area contributed by atoms with E-state index in [4.69, 9.17) is 9.52 Å². The molecular weight excluding hydrogens is 286 g/mol. The average molecular weight is 304 g/mol. The highest BCUT2D eigenvalue weighted by atomic mass is 79.9. The van der Waals surface area contributed by atoms with Gasteiger partial charge in [-0.05, 0) is 48.1 Å². The van der Waals surface area contributed by atoms with Crippen LogP contribution in [0.15, 0.2) is 21.2 Å². The largest absolute Gasteiger partial charge is 0.481 e. The number of furan rings is 1. The van der Waals surface area contributed by atoms with E-state index in [2.05, 4.69) is 20.8 Å². The van der Waals surface area contributed by atoms with Crippen LogP contribution in [-0.4, -0.2) is 29.1 Å². The highest BCUT2D eigenvalue weighted by molar-refractivity contribution is 9.10. The van der Waals surface area contributed by atoms with E-state index in [1.54, 1.807) is 6.07 Å². The number of hydrogen-bond donors (Lipinski definition) is 1. The molecule has 1 N–H and O–H groups in total. The van der Waals surface area contributed by atoms with Gasteiger partial charge in [0.15, 0.2) is 4.67 Å². The van der Waals surface area contributed by atoms with Crippen molar-refractivity contribution in [1.29, 1.82) is 0 Å². The SMILES string of the molecule is CCN(CC)C(C)(CC(=O)O)c1ccc(Br)o1. The zero-order chi connectivity index (χ0) is 13.1. The summed E-state index contributed by atoms with van der Waals surface area (Å²) < 4.78 is 6.17. The Morgan fingerprint density at radius 2 is 2.06 bits per heavy atom. The van der Waals surface area contributed by atoms with Gasteiger partial charge in [0, 0.05) is 0 Å². The van der Waals surface area contributed by atoms with Crippen molar-refractivity contribution in [3.63, 3.8) is 0 Å². The number of carbonyl (C=O) groups is 1. The van der Waals surface area contributed by atoms with Crippen molar-refractivity contribution in [2.24, 2.45) is 0 Å². The Kier molecular flexibility index (Phi) is 4.77. The summed E-state index contributed by atoms with van der Waals surface area (Å²) >= 11 is 3.25. The number of rotatable bonds is 6. The fraction of sp³-hybridized carbons (Fsp3) is 0.583. The van der Waals surface area contributed by atoms with Gasteiger partial charge in [-0.3, -0.25) is 9.69 Å². The van der Waals surface area contributed by atoms with Crippen LogP contribution in [0.4, 0.5) is 0 Å². The summed E-state index contributed by atoms with van der Waals surface area (Å²) in [6.07, 6.45) is 0.0225. The molecule has 17 heavy (non-hydrogen) atoms. The molecule has 1 atom stereocenters. The predicted octanol–water partition coefficient (Wildman–Crippen LogP) is 3.07. The Balaban J connectivity index is 3.13. The number of nitrogens with zero attached hydrogens (tertiary/aromatic N) is 1. The molecule has 0 aliphatic carbocycles. The van der Waals surface area contributed by atoms with Crippen molar-refractivity contribution in [3.8, 4) is 0 Å². The standard InChI is InChI=1S/C12H18BrNO3/c1-4-14(5-2)12(3,8-11(15)16)9-6-7-10(13)17-9/h6-7H,4-5,8H2,1-3H3,(H,15,16). The van der Waals surface area contributed by atoms with E-state index < -0.39 is 11.5 Å². The van der Waals surface area contributed by atoms with E-state index in [9.17, 15) is 4.79 Å². The third-order valence-corrected chi connectivity index (χ3v) is 3.49. The molecule has 96 valence electrons. The maximum atomic E-state index is 11.1. The van der Waals surface area contributed by atoms with Crippen molar-refractivity contribution in [2.45, 2.75) is 32.7 Å². The van der Waals surface area contributed by atoms with Crippen molar-refractivity contribution in [1.82, 2.24) is 4.90 Å². The first kappa shape index (κ1) is 14.3. The van der Waals surface area contributed by atoms with Crippen molar-refractivity contribution in [2.75, 3.05) is 13.1 Å². The minimum Gasteiger partial charge on any atom is -0.481 e. The molecule has 5 heteroatoms. The fourth-order valence-corrected chi connectivity index (χ4v) is 2.48. The van der Waals surface area contributed by atoms with Crippen molar-refractivity contribution < 1.29 is 14.3 Å². The second-order valence-electron chi connectivity index (χ2n) is 4.12. The Morgan fingerprint density at radius 1 is 1.47 bits per heavy atom. The zero-order valence-corrected chi connectivity index (χ0v) is 12.0. The lowest BCUT2D eigenvalue weighted by molar-refractivity contribution is -0.140. The van der Waals surface area contributed by atoms with E-state index in [1.807, 2.05) is 26.8 Å². The summed E-state index contributed by atoms with van der Waals surface area (Å²) in [4.78, 5) is 13.1. The average Bonchev–Trinajstić information content (AvgIpc) is 2.66. The van der Waals surface area contributed by atoms with E-state index in [0.717, 1.165) is 13.1 Å². The maximum Gasteiger partial charge on any atom is 0.305 e. The monoisotopic (exact) mass is 303 g/mol. The minimum atomic E-state index is -0.827. The summed E-state index contributed by atoms with van der Waals surface area (Å²) in [5.41, 5.74) is -0.610. The van der Waals surface area contributed by atoms with Crippen molar-refractivity contribution >= 4 is 21.9 Å². The van der Waals surface area contributed by atoms with Gasteiger partial charge < -0.3 is 9.52 Å². The molecule has 1 aromatic rings. The summed E-state index contributed by atoms with van der Waals surface area (Å²) in [5, 5.41) is 9.08. The number of aliphatic carboxylic acids is 1. The topological polar surface area (TPSA) is 53.7 Å². The normalized spacial score (nSPS) is 14.9. The summed E-state index contributed by atoms with van der Waals surface area (Å²) in [6, 6.07) is 3.62. The first-order valence-corrected chi connectivity index (χ1v) is 6.46. The smallest absolute Gasteiger partial charge is 0.305 e. The number of hydrogen-bond acceptors (Lipinski definition) is 3. The second-order valence-corrected chi connectivity index (χ2v) is 4.90. The van der Waals surface area contributed by atoms with Gasteiger partial charge in [-0.25, -0.2) is 0 Å². The first-order chi connectivity index (χ1) is 7.93. The number of carboxylic acid groups (broad SMARTS) is 1. The van der Waals surface area contributed by atoms with Crippen LogP contribution in [0, 0.1) is 0 Å². The highest BCUT2D eigenvalue weighted by Gasteiger charge is 2.37. The molecule has 4 nitrogen and oxygen atoms in total. The van der Waals surface area contributed by atoms with Gasteiger partial charge in [-0.2, -0.15) is 0 Å². The lowest BCUT2D eigenvalue weighted by atomic mass is 9.92. The second kappa shape index (κ2) is 5.69. The van der Waals surface area contributed by atoms with Crippen LogP contribution in [0.25, 0.3) is 0 Å². The van der Waals surface area contributed by atoms with Crippen LogP contribution in [0.2, 0.25) is 0 Å². The molecule has 0 radical (unpaired) electrons. The van der Waals surface area contributed by atoms with Crippen LogP contribution in [0.5, 0.6) is 0 Å². The zero-order valence-electron chi connectivity index (χ0n) is 10.4. The molecular formula is C12H18BrNO3. The van der Waals surface area contributed by atoms with Crippen LogP contribution in [0.3, 0.4) is 0 Å². The predicted molar refractivity (Wildman–Crippen MR) is 68.9 cm³/mol. The Bertz CT molecular complexity index is 387. The van der Waals surface area contributed by atoms with Crippen LogP contribution in [0.1, 0.15) is 33.0 Å². The highest BCUT2D eigenvalue weighted by Crippen LogP contribution is 2.34. The summed E-state index contributed by atoms with van der Waals surface area (Å²) in [6.45, 7) is 7.49. The van der Waals surface area contributed by atoms with Crippen LogP contribution < -0.4 is 0 Å². The van der Waals surface area contributed by atoms with E-state index in [-0.39, 0.29) is 6.42 Å². The molecule has 0 aliphatic rings. The van der Waals surface area contributed by atoms with Gasteiger partial charge in [0.05, 0.1) is 12.0 Å². The Morgan fingerprint density at radius 3 is 2.41 bits per heavy atom. The molecule has 0 fully saturated rings. The molecule has 0 spiro atoms. The van der Waals surface area contributed by atoms with Gasteiger partial charge in [-0.1, -0.05) is 13.8 Å². The number of carboxylic acids is 1. The maximum absolute atomic E-state index is 11.1.